The van der Waals surface area contributed by atoms with Crippen LogP contribution in [0.3, 0.4) is 0 Å². The van der Waals surface area contributed by atoms with Gasteiger partial charge in [0.15, 0.2) is 6.10 Å². The third-order valence-corrected chi connectivity index (χ3v) is 5.92. The van der Waals surface area contributed by atoms with Gasteiger partial charge < -0.3 is 20.3 Å². The van der Waals surface area contributed by atoms with E-state index >= 15 is 0 Å². The number of hydrogen-bond acceptors (Lipinski definition) is 4. The molecule has 180 valence electrons. The molecule has 8 heteroatoms. The first-order valence-corrected chi connectivity index (χ1v) is 11.3. The van der Waals surface area contributed by atoms with E-state index in [2.05, 4.69) is 10.6 Å². The van der Waals surface area contributed by atoms with Crippen molar-refractivity contribution in [2.75, 3.05) is 18.5 Å². The number of likely N-dealkylation sites (N-methyl/N-ethyl adjacent to an activating group) is 1. The zero-order valence-corrected chi connectivity index (χ0v) is 19.5. The molecule has 1 aliphatic rings. The summed E-state index contributed by atoms with van der Waals surface area (Å²) in [5.41, 5.74) is 3.86. The summed E-state index contributed by atoms with van der Waals surface area (Å²) in [4.78, 5) is 39.9. The highest BCUT2D eigenvalue weighted by Crippen LogP contribution is 2.39. The van der Waals surface area contributed by atoms with Crippen molar-refractivity contribution in [1.29, 1.82) is 0 Å². The molecule has 0 aliphatic carbocycles. The SMILES string of the molecule is CC(OC(=O)NCCc1cccc(F)c1)C(=O)N[C@@H]1C(=O)N(C)c2ccccc2-c2ccccc21. The molecule has 3 aromatic carbocycles. The van der Waals surface area contributed by atoms with E-state index in [9.17, 15) is 18.8 Å². The van der Waals surface area contributed by atoms with Gasteiger partial charge in [0.1, 0.15) is 11.9 Å². The van der Waals surface area contributed by atoms with Crippen LogP contribution in [0.15, 0.2) is 72.8 Å². The summed E-state index contributed by atoms with van der Waals surface area (Å²) in [7, 11) is 1.66. The highest BCUT2D eigenvalue weighted by molar-refractivity contribution is 6.06. The molecule has 0 spiro atoms. The molecular weight excluding hydrogens is 449 g/mol. The maximum Gasteiger partial charge on any atom is 0.407 e. The molecule has 0 saturated carbocycles. The molecule has 2 N–H and O–H groups in total. The van der Waals surface area contributed by atoms with E-state index in [0.717, 1.165) is 22.4 Å². The summed E-state index contributed by atoms with van der Waals surface area (Å²) in [5.74, 6) is -1.25. The Morgan fingerprint density at radius 3 is 2.51 bits per heavy atom. The fourth-order valence-electron chi connectivity index (χ4n) is 4.09. The van der Waals surface area contributed by atoms with Gasteiger partial charge in [0, 0.05) is 19.2 Å². The molecule has 7 nitrogen and oxygen atoms in total. The van der Waals surface area contributed by atoms with Crippen molar-refractivity contribution in [1.82, 2.24) is 10.6 Å². The number of nitrogens with zero attached hydrogens (tertiary/aromatic N) is 1. The summed E-state index contributed by atoms with van der Waals surface area (Å²) >= 11 is 0. The number of benzene rings is 3. The summed E-state index contributed by atoms with van der Waals surface area (Å²) in [6.07, 6.45) is -1.51. The van der Waals surface area contributed by atoms with Crippen LogP contribution in [0.1, 0.15) is 24.1 Å². The van der Waals surface area contributed by atoms with E-state index in [0.29, 0.717) is 12.0 Å². The average molecular weight is 476 g/mol. The van der Waals surface area contributed by atoms with Crippen LogP contribution in [0.2, 0.25) is 0 Å². The Morgan fingerprint density at radius 2 is 1.74 bits per heavy atom. The molecule has 0 fully saturated rings. The van der Waals surface area contributed by atoms with Crippen LogP contribution in [-0.4, -0.2) is 37.6 Å². The fourth-order valence-corrected chi connectivity index (χ4v) is 4.09. The minimum absolute atomic E-state index is 0.216. The minimum atomic E-state index is -1.14. The maximum absolute atomic E-state index is 13.3. The third-order valence-electron chi connectivity index (χ3n) is 5.92. The first-order chi connectivity index (χ1) is 16.8. The lowest BCUT2D eigenvalue weighted by Gasteiger charge is -2.24. The van der Waals surface area contributed by atoms with Crippen molar-refractivity contribution < 1.29 is 23.5 Å². The van der Waals surface area contributed by atoms with Gasteiger partial charge >= 0.3 is 6.09 Å². The van der Waals surface area contributed by atoms with Crippen LogP contribution in [0.5, 0.6) is 0 Å². The largest absolute Gasteiger partial charge is 0.436 e. The Kier molecular flexibility index (Phi) is 7.10. The van der Waals surface area contributed by atoms with Crippen LogP contribution >= 0.6 is 0 Å². The molecule has 0 aromatic heterocycles. The van der Waals surface area contributed by atoms with Gasteiger partial charge in [-0.25, -0.2) is 9.18 Å². The number of amides is 3. The Morgan fingerprint density at radius 1 is 1.03 bits per heavy atom. The van der Waals surface area contributed by atoms with Crippen molar-refractivity contribution >= 4 is 23.6 Å². The predicted octanol–water partition coefficient (Wildman–Crippen LogP) is 3.98. The summed E-state index contributed by atoms with van der Waals surface area (Å²) < 4.78 is 18.5. The lowest BCUT2D eigenvalue weighted by Crippen LogP contribution is -2.45. The lowest BCUT2D eigenvalue weighted by atomic mass is 9.95. The van der Waals surface area contributed by atoms with Crippen molar-refractivity contribution in [3.8, 4) is 11.1 Å². The van der Waals surface area contributed by atoms with E-state index in [1.54, 1.807) is 25.2 Å². The average Bonchev–Trinajstić information content (AvgIpc) is 2.94. The van der Waals surface area contributed by atoms with Crippen LogP contribution in [-0.2, 0) is 20.7 Å². The van der Waals surface area contributed by atoms with Gasteiger partial charge in [0.25, 0.3) is 11.8 Å². The second-order valence-electron chi connectivity index (χ2n) is 8.30. The molecule has 1 aliphatic heterocycles. The number of hydrogen-bond donors (Lipinski definition) is 2. The van der Waals surface area contributed by atoms with Crippen LogP contribution < -0.4 is 15.5 Å². The molecular formula is C27H26FN3O4. The Labute approximate surface area is 202 Å². The number of para-hydroxylation sites is 1. The quantitative estimate of drug-likeness (QED) is 0.565. The number of rotatable bonds is 6. The summed E-state index contributed by atoms with van der Waals surface area (Å²) in [6.45, 7) is 1.65. The minimum Gasteiger partial charge on any atom is -0.436 e. The number of halogens is 1. The van der Waals surface area contributed by atoms with E-state index in [-0.39, 0.29) is 18.3 Å². The Bertz CT molecular complexity index is 1260. The highest BCUT2D eigenvalue weighted by atomic mass is 19.1. The Hall–Kier alpha value is -4.20. The van der Waals surface area contributed by atoms with Crippen molar-refractivity contribution in [2.45, 2.75) is 25.5 Å². The predicted molar refractivity (Wildman–Crippen MR) is 130 cm³/mol. The van der Waals surface area contributed by atoms with Crippen molar-refractivity contribution in [3.05, 3.63) is 89.7 Å². The molecule has 35 heavy (non-hydrogen) atoms. The van der Waals surface area contributed by atoms with Gasteiger partial charge in [0.05, 0.1) is 5.69 Å². The second kappa shape index (κ2) is 10.4. The van der Waals surface area contributed by atoms with E-state index in [4.69, 9.17) is 4.74 Å². The highest BCUT2D eigenvalue weighted by Gasteiger charge is 2.34. The molecule has 3 amide bonds. The van der Waals surface area contributed by atoms with Gasteiger partial charge in [-0.05, 0) is 48.2 Å². The molecule has 0 saturated heterocycles. The molecule has 4 rings (SSSR count). The summed E-state index contributed by atoms with van der Waals surface area (Å²) in [6, 6.07) is 20.1. The van der Waals surface area contributed by atoms with Gasteiger partial charge in [0.2, 0.25) is 0 Å². The maximum atomic E-state index is 13.3. The first-order valence-electron chi connectivity index (χ1n) is 11.3. The molecule has 0 radical (unpaired) electrons. The van der Waals surface area contributed by atoms with E-state index in [1.165, 1.54) is 24.0 Å². The zero-order valence-electron chi connectivity index (χ0n) is 19.5. The topological polar surface area (TPSA) is 87.7 Å². The summed E-state index contributed by atoms with van der Waals surface area (Å²) in [5, 5.41) is 5.30. The first kappa shape index (κ1) is 23.9. The molecule has 0 bridgehead atoms. The molecule has 2 atom stereocenters. The normalized spacial score (nSPS) is 15.3. The van der Waals surface area contributed by atoms with E-state index < -0.39 is 24.1 Å². The number of carbonyl (C=O) groups is 3. The number of alkyl carbamates (subject to hydrolysis) is 1. The van der Waals surface area contributed by atoms with Gasteiger partial charge in [-0.2, -0.15) is 0 Å². The molecule has 1 unspecified atom stereocenters. The van der Waals surface area contributed by atoms with Crippen LogP contribution in [0.4, 0.5) is 14.9 Å². The third kappa shape index (κ3) is 5.32. The van der Waals surface area contributed by atoms with Crippen molar-refractivity contribution in [2.24, 2.45) is 0 Å². The van der Waals surface area contributed by atoms with E-state index in [1.807, 2.05) is 42.5 Å². The van der Waals surface area contributed by atoms with Gasteiger partial charge in [-0.3, -0.25) is 9.59 Å². The van der Waals surface area contributed by atoms with Crippen molar-refractivity contribution in [3.63, 3.8) is 0 Å². The standard InChI is InChI=1S/C27H26FN3O4/c1-17(35-27(34)29-15-14-18-8-7-9-19(28)16-18)25(32)30-24-22-12-4-3-10-20(22)21-11-5-6-13-23(21)31(2)26(24)33/h3-13,16-17,24H,14-15H2,1-2H3,(H,29,34)(H,30,32)/t17?,24-/m0/s1. The van der Waals surface area contributed by atoms with Gasteiger partial charge in [-0.15, -0.1) is 0 Å². The number of anilines is 1. The molecule has 3 aromatic rings. The Balaban J connectivity index is 1.41. The van der Waals surface area contributed by atoms with Crippen LogP contribution in [0, 0.1) is 5.82 Å². The smallest absolute Gasteiger partial charge is 0.407 e. The number of ether oxygens (including phenoxy) is 1. The number of nitrogens with one attached hydrogen (secondary N) is 2. The lowest BCUT2D eigenvalue weighted by molar-refractivity contribution is -0.132. The fraction of sp³-hybridized carbons (Fsp3) is 0.222. The molecule has 1 heterocycles. The second-order valence-corrected chi connectivity index (χ2v) is 8.30. The zero-order chi connectivity index (χ0) is 24.9. The van der Waals surface area contributed by atoms with Crippen LogP contribution in [0.25, 0.3) is 11.1 Å². The number of carbonyl (C=O) groups excluding carboxylic acids is 3. The number of fused-ring (bicyclic) bond motifs is 3. The van der Waals surface area contributed by atoms with Gasteiger partial charge in [-0.1, -0.05) is 54.6 Å². The monoisotopic (exact) mass is 475 g/mol.